The Bertz CT molecular complexity index is 1070. The summed E-state index contributed by atoms with van der Waals surface area (Å²) >= 11 is 1.50. The van der Waals surface area contributed by atoms with E-state index in [1.54, 1.807) is 25.8 Å². The molecule has 8 heteroatoms. The van der Waals surface area contributed by atoms with Crippen molar-refractivity contribution in [2.24, 2.45) is 0 Å². The second kappa shape index (κ2) is 7.24. The zero-order valence-electron chi connectivity index (χ0n) is 15.2. The van der Waals surface area contributed by atoms with Crippen molar-refractivity contribution in [1.82, 2.24) is 19.8 Å². The first kappa shape index (κ1) is 17.3. The zero-order chi connectivity index (χ0) is 18.8. The van der Waals surface area contributed by atoms with Gasteiger partial charge in [0.25, 0.3) is 0 Å². The summed E-state index contributed by atoms with van der Waals surface area (Å²) in [7, 11) is 4.90. The van der Waals surface area contributed by atoms with Crippen LogP contribution in [0.2, 0.25) is 0 Å². The Balaban J connectivity index is 1.64. The van der Waals surface area contributed by atoms with Crippen molar-refractivity contribution in [1.29, 1.82) is 0 Å². The van der Waals surface area contributed by atoms with Crippen molar-refractivity contribution in [2.75, 3.05) is 21.3 Å². The molecule has 0 fully saturated rings. The predicted molar refractivity (Wildman–Crippen MR) is 103 cm³/mol. The van der Waals surface area contributed by atoms with Crippen LogP contribution in [-0.4, -0.2) is 41.1 Å². The standard InChI is InChI=1S/C19H18N4O3S/c1-24-14-7-5-13(6-8-14)18-22-23-17(20-21-19(23)27-18)11-12-4-9-15(25-2)16(10-12)26-3/h4-10H,11H2,1-3H3. The Kier molecular flexibility index (Phi) is 4.64. The first-order valence-electron chi connectivity index (χ1n) is 8.28. The average Bonchev–Trinajstić information content (AvgIpc) is 3.30. The third-order valence-electron chi connectivity index (χ3n) is 4.20. The molecule has 0 unspecified atom stereocenters. The van der Waals surface area contributed by atoms with Gasteiger partial charge in [0.1, 0.15) is 10.8 Å². The van der Waals surface area contributed by atoms with Gasteiger partial charge >= 0.3 is 0 Å². The molecule has 138 valence electrons. The van der Waals surface area contributed by atoms with Crippen LogP contribution in [0.4, 0.5) is 0 Å². The fraction of sp³-hybridized carbons (Fsp3) is 0.211. The molecule has 0 spiro atoms. The molecule has 7 nitrogen and oxygen atoms in total. The van der Waals surface area contributed by atoms with Crippen LogP contribution in [0, 0.1) is 0 Å². The molecular formula is C19H18N4O3S. The van der Waals surface area contributed by atoms with Gasteiger partial charge in [0.15, 0.2) is 17.3 Å². The van der Waals surface area contributed by atoms with E-state index in [1.165, 1.54) is 11.3 Å². The molecule has 0 saturated heterocycles. The first-order valence-corrected chi connectivity index (χ1v) is 9.10. The van der Waals surface area contributed by atoms with E-state index in [9.17, 15) is 0 Å². The second-order valence-electron chi connectivity index (χ2n) is 5.81. The van der Waals surface area contributed by atoms with Crippen LogP contribution in [0.1, 0.15) is 11.4 Å². The van der Waals surface area contributed by atoms with Gasteiger partial charge in [-0.3, -0.25) is 0 Å². The van der Waals surface area contributed by atoms with E-state index in [1.807, 2.05) is 42.5 Å². The molecule has 0 aliphatic heterocycles. The van der Waals surface area contributed by atoms with E-state index in [4.69, 9.17) is 14.2 Å². The molecule has 2 aromatic heterocycles. The highest BCUT2D eigenvalue weighted by atomic mass is 32.1. The smallest absolute Gasteiger partial charge is 0.234 e. The summed E-state index contributed by atoms with van der Waals surface area (Å²) in [6.07, 6.45) is 0.591. The Morgan fingerprint density at radius 2 is 1.67 bits per heavy atom. The number of nitrogens with zero attached hydrogens (tertiary/aromatic N) is 4. The van der Waals surface area contributed by atoms with Crippen LogP contribution in [0.15, 0.2) is 42.5 Å². The van der Waals surface area contributed by atoms with Crippen LogP contribution >= 0.6 is 11.3 Å². The molecule has 4 aromatic rings. The number of methoxy groups -OCH3 is 3. The Morgan fingerprint density at radius 1 is 0.889 bits per heavy atom. The number of fused-ring (bicyclic) bond motifs is 1. The van der Waals surface area contributed by atoms with Gasteiger partial charge in [-0.2, -0.15) is 9.61 Å². The van der Waals surface area contributed by atoms with Crippen LogP contribution < -0.4 is 14.2 Å². The topological polar surface area (TPSA) is 70.8 Å². The van der Waals surface area contributed by atoms with Crippen LogP contribution in [0.3, 0.4) is 0 Å². The summed E-state index contributed by atoms with van der Waals surface area (Å²) in [6, 6.07) is 13.6. The van der Waals surface area contributed by atoms with Crippen molar-refractivity contribution < 1.29 is 14.2 Å². The van der Waals surface area contributed by atoms with Crippen LogP contribution in [0.5, 0.6) is 17.2 Å². The maximum Gasteiger partial charge on any atom is 0.234 e. The van der Waals surface area contributed by atoms with E-state index >= 15 is 0 Å². The number of benzene rings is 2. The lowest BCUT2D eigenvalue weighted by Crippen LogP contribution is -1.99. The summed E-state index contributed by atoms with van der Waals surface area (Å²) in [5.41, 5.74) is 2.06. The Hall–Kier alpha value is -3.13. The van der Waals surface area contributed by atoms with Crippen LogP contribution in [-0.2, 0) is 6.42 Å². The van der Waals surface area contributed by atoms with Gasteiger partial charge in [-0.05, 0) is 42.0 Å². The van der Waals surface area contributed by atoms with E-state index in [-0.39, 0.29) is 0 Å². The summed E-state index contributed by atoms with van der Waals surface area (Å²) in [6.45, 7) is 0. The normalized spacial score (nSPS) is 10.9. The molecule has 2 aromatic carbocycles. The molecule has 0 radical (unpaired) electrons. The molecule has 0 amide bonds. The van der Waals surface area contributed by atoms with E-state index in [0.717, 1.165) is 32.7 Å². The summed E-state index contributed by atoms with van der Waals surface area (Å²) < 4.78 is 17.7. The highest BCUT2D eigenvalue weighted by Gasteiger charge is 2.14. The average molecular weight is 382 g/mol. The lowest BCUT2D eigenvalue weighted by Gasteiger charge is -2.08. The highest BCUT2D eigenvalue weighted by Crippen LogP contribution is 2.30. The van der Waals surface area contributed by atoms with Crippen molar-refractivity contribution in [3.8, 4) is 27.8 Å². The number of ether oxygens (including phenoxy) is 3. The molecule has 0 bridgehead atoms. The lowest BCUT2D eigenvalue weighted by atomic mass is 10.1. The molecule has 4 rings (SSSR count). The molecule has 0 saturated carbocycles. The van der Waals surface area contributed by atoms with E-state index in [0.29, 0.717) is 17.9 Å². The zero-order valence-corrected chi connectivity index (χ0v) is 16.0. The number of hydrogen-bond donors (Lipinski definition) is 0. The van der Waals surface area contributed by atoms with Gasteiger partial charge in [-0.1, -0.05) is 17.4 Å². The molecule has 0 aliphatic carbocycles. The van der Waals surface area contributed by atoms with Crippen molar-refractivity contribution in [3.63, 3.8) is 0 Å². The van der Waals surface area contributed by atoms with Gasteiger partial charge in [-0.25, -0.2) is 0 Å². The highest BCUT2D eigenvalue weighted by molar-refractivity contribution is 7.19. The van der Waals surface area contributed by atoms with Gasteiger partial charge in [0.2, 0.25) is 4.96 Å². The van der Waals surface area contributed by atoms with Gasteiger partial charge < -0.3 is 14.2 Å². The minimum Gasteiger partial charge on any atom is -0.497 e. The fourth-order valence-electron chi connectivity index (χ4n) is 2.79. The number of aromatic nitrogens is 4. The van der Waals surface area contributed by atoms with Gasteiger partial charge in [0, 0.05) is 12.0 Å². The summed E-state index contributed by atoms with van der Waals surface area (Å²) in [4.78, 5) is 0.760. The molecule has 2 heterocycles. The first-order chi connectivity index (χ1) is 13.2. The Labute approximate surface area is 160 Å². The lowest BCUT2D eigenvalue weighted by molar-refractivity contribution is 0.354. The third-order valence-corrected chi connectivity index (χ3v) is 5.15. The van der Waals surface area contributed by atoms with Gasteiger partial charge in [-0.15, -0.1) is 10.2 Å². The second-order valence-corrected chi connectivity index (χ2v) is 6.77. The molecule has 0 N–H and O–H groups in total. The quantitative estimate of drug-likeness (QED) is 0.509. The third kappa shape index (κ3) is 3.31. The SMILES string of the molecule is COc1ccc(-c2nn3c(Cc4ccc(OC)c(OC)c4)nnc3s2)cc1. The fourth-order valence-corrected chi connectivity index (χ4v) is 3.65. The van der Waals surface area contributed by atoms with Gasteiger partial charge in [0.05, 0.1) is 21.3 Å². The Morgan fingerprint density at radius 3 is 2.37 bits per heavy atom. The van der Waals surface area contributed by atoms with Crippen molar-refractivity contribution >= 4 is 16.3 Å². The van der Waals surface area contributed by atoms with Crippen molar-refractivity contribution in [3.05, 3.63) is 53.9 Å². The molecular weight excluding hydrogens is 364 g/mol. The minimum absolute atomic E-state index is 0.591. The summed E-state index contributed by atoms with van der Waals surface area (Å²) in [5, 5.41) is 14.1. The minimum atomic E-state index is 0.591. The predicted octanol–water partition coefficient (Wildman–Crippen LogP) is 3.47. The molecule has 0 atom stereocenters. The number of rotatable bonds is 6. The van der Waals surface area contributed by atoms with Crippen LogP contribution in [0.25, 0.3) is 15.5 Å². The summed E-state index contributed by atoms with van der Waals surface area (Å²) in [5.74, 6) is 2.97. The molecule has 27 heavy (non-hydrogen) atoms. The van der Waals surface area contributed by atoms with Crippen molar-refractivity contribution in [2.45, 2.75) is 6.42 Å². The molecule has 0 aliphatic rings. The van der Waals surface area contributed by atoms with E-state index in [2.05, 4.69) is 15.3 Å². The maximum absolute atomic E-state index is 5.37. The maximum atomic E-state index is 5.37. The largest absolute Gasteiger partial charge is 0.497 e. The monoisotopic (exact) mass is 382 g/mol. The van der Waals surface area contributed by atoms with E-state index < -0.39 is 0 Å². The number of hydrogen-bond acceptors (Lipinski definition) is 7.